The third-order valence-electron chi connectivity index (χ3n) is 3.14. The van der Waals surface area contributed by atoms with Crippen molar-refractivity contribution in [2.24, 2.45) is 0 Å². The minimum Gasteiger partial charge on any atom is -0.284 e. The first kappa shape index (κ1) is 11.0. The Balaban J connectivity index is 2.17. The Morgan fingerprint density at radius 1 is 1.27 bits per heavy atom. The molecular formula is C13H19NS. The summed E-state index contributed by atoms with van der Waals surface area (Å²) in [6.07, 6.45) is 1.27. The Hall–Kier alpha value is -0.470. The fourth-order valence-electron chi connectivity index (χ4n) is 2.27. The highest BCUT2D eigenvalue weighted by Crippen LogP contribution is 2.41. The van der Waals surface area contributed by atoms with E-state index in [9.17, 15) is 0 Å². The number of rotatable bonds is 3. The van der Waals surface area contributed by atoms with Gasteiger partial charge in [-0.1, -0.05) is 44.2 Å². The van der Waals surface area contributed by atoms with Crippen molar-refractivity contribution in [1.82, 2.24) is 4.90 Å². The molecule has 82 valence electrons. The summed E-state index contributed by atoms with van der Waals surface area (Å²) in [5.74, 6) is 1.28. The Labute approximate surface area is 96.9 Å². The smallest absolute Gasteiger partial charge is 0.0817 e. The number of thioether (sulfide) groups is 1. The van der Waals surface area contributed by atoms with Gasteiger partial charge in [0.1, 0.15) is 0 Å². The standard InChI is InChI=1S/C13H19NS/c1-3-12-10-15-13(14(12)4-2)11-8-6-5-7-9-11/h5-9,12-13H,3-4,10H2,1-2H3. The fourth-order valence-corrected chi connectivity index (χ4v) is 3.96. The van der Waals surface area contributed by atoms with Crippen LogP contribution < -0.4 is 0 Å². The lowest BCUT2D eigenvalue weighted by Gasteiger charge is -2.27. The third-order valence-corrected chi connectivity index (χ3v) is 4.57. The van der Waals surface area contributed by atoms with Gasteiger partial charge in [-0.2, -0.15) is 0 Å². The molecule has 0 bridgehead atoms. The highest BCUT2D eigenvalue weighted by molar-refractivity contribution is 7.99. The van der Waals surface area contributed by atoms with E-state index in [2.05, 4.69) is 60.8 Å². The van der Waals surface area contributed by atoms with Gasteiger partial charge in [-0.05, 0) is 18.5 Å². The van der Waals surface area contributed by atoms with E-state index in [1.807, 2.05) is 0 Å². The van der Waals surface area contributed by atoms with Gasteiger partial charge in [0.2, 0.25) is 0 Å². The molecule has 1 aromatic carbocycles. The minimum atomic E-state index is 0.584. The van der Waals surface area contributed by atoms with Crippen LogP contribution in [0.1, 0.15) is 31.2 Å². The second-order valence-corrected chi connectivity index (χ2v) is 5.10. The maximum atomic E-state index is 2.62. The van der Waals surface area contributed by atoms with E-state index in [1.165, 1.54) is 17.7 Å². The average Bonchev–Trinajstić information content (AvgIpc) is 2.72. The largest absolute Gasteiger partial charge is 0.284 e. The summed E-state index contributed by atoms with van der Waals surface area (Å²) in [7, 11) is 0. The summed E-state index contributed by atoms with van der Waals surface area (Å²) in [6.45, 7) is 5.72. The molecule has 1 nitrogen and oxygen atoms in total. The van der Waals surface area contributed by atoms with Gasteiger partial charge < -0.3 is 0 Å². The molecule has 0 aliphatic carbocycles. The van der Waals surface area contributed by atoms with Crippen molar-refractivity contribution in [3.63, 3.8) is 0 Å². The quantitative estimate of drug-likeness (QED) is 0.768. The van der Waals surface area contributed by atoms with Crippen LogP contribution in [0.4, 0.5) is 0 Å². The number of hydrogen-bond acceptors (Lipinski definition) is 2. The Kier molecular flexibility index (Phi) is 3.71. The predicted molar refractivity (Wildman–Crippen MR) is 68.1 cm³/mol. The molecule has 0 saturated carbocycles. The first-order chi connectivity index (χ1) is 7.36. The summed E-state index contributed by atoms with van der Waals surface area (Å²) in [5, 5.41) is 0.584. The summed E-state index contributed by atoms with van der Waals surface area (Å²) < 4.78 is 0. The Morgan fingerprint density at radius 2 is 2.00 bits per heavy atom. The predicted octanol–water partition coefficient (Wildman–Crippen LogP) is 3.53. The monoisotopic (exact) mass is 221 g/mol. The summed E-state index contributed by atoms with van der Waals surface area (Å²) >= 11 is 2.09. The van der Waals surface area contributed by atoms with E-state index in [1.54, 1.807) is 0 Å². The number of hydrogen-bond donors (Lipinski definition) is 0. The molecule has 2 atom stereocenters. The van der Waals surface area contributed by atoms with E-state index in [0.717, 1.165) is 12.6 Å². The van der Waals surface area contributed by atoms with E-state index in [0.29, 0.717) is 5.37 Å². The van der Waals surface area contributed by atoms with E-state index >= 15 is 0 Å². The van der Waals surface area contributed by atoms with Gasteiger partial charge in [-0.25, -0.2) is 0 Å². The van der Waals surface area contributed by atoms with E-state index in [4.69, 9.17) is 0 Å². The Bertz CT molecular complexity index is 299. The molecule has 1 aliphatic heterocycles. The van der Waals surface area contributed by atoms with Crippen LogP contribution in [0, 0.1) is 0 Å². The lowest BCUT2D eigenvalue weighted by Crippen LogP contribution is -2.31. The zero-order valence-corrected chi connectivity index (χ0v) is 10.3. The normalized spacial score (nSPS) is 27.1. The molecule has 0 radical (unpaired) electrons. The SMILES string of the molecule is CCC1CSC(c2ccccc2)N1CC. The van der Waals surface area contributed by atoms with Crippen molar-refractivity contribution in [3.05, 3.63) is 35.9 Å². The molecule has 0 N–H and O–H groups in total. The molecule has 0 amide bonds. The van der Waals surface area contributed by atoms with Crippen molar-refractivity contribution >= 4 is 11.8 Å². The maximum Gasteiger partial charge on any atom is 0.0817 e. The highest BCUT2D eigenvalue weighted by Gasteiger charge is 2.32. The zero-order chi connectivity index (χ0) is 10.7. The van der Waals surface area contributed by atoms with Crippen molar-refractivity contribution < 1.29 is 0 Å². The van der Waals surface area contributed by atoms with Gasteiger partial charge in [0.15, 0.2) is 0 Å². The minimum absolute atomic E-state index is 0.584. The van der Waals surface area contributed by atoms with Crippen LogP contribution in [0.2, 0.25) is 0 Å². The van der Waals surface area contributed by atoms with Crippen LogP contribution in [-0.4, -0.2) is 23.2 Å². The number of benzene rings is 1. The van der Waals surface area contributed by atoms with E-state index < -0.39 is 0 Å². The lowest BCUT2D eigenvalue weighted by atomic mass is 10.1. The highest BCUT2D eigenvalue weighted by atomic mass is 32.2. The van der Waals surface area contributed by atoms with Gasteiger partial charge in [0, 0.05) is 11.8 Å². The molecule has 0 aromatic heterocycles. The Morgan fingerprint density at radius 3 is 2.60 bits per heavy atom. The fraction of sp³-hybridized carbons (Fsp3) is 0.538. The molecule has 0 spiro atoms. The van der Waals surface area contributed by atoms with Gasteiger partial charge in [0.25, 0.3) is 0 Å². The maximum absolute atomic E-state index is 2.62. The van der Waals surface area contributed by atoms with Crippen LogP contribution in [0.15, 0.2) is 30.3 Å². The lowest BCUT2D eigenvalue weighted by molar-refractivity contribution is 0.221. The second kappa shape index (κ2) is 5.04. The van der Waals surface area contributed by atoms with Crippen LogP contribution in [0.5, 0.6) is 0 Å². The summed E-state index contributed by atoms with van der Waals surface area (Å²) in [5.41, 5.74) is 1.46. The van der Waals surface area contributed by atoms with Gasteiger partial charge in [-0.15, -0.1) is 11.8 Å². The van der Waals surface area contributed by atoms with Crippen LogP contribution >= 0.6 is 11.8 Å². The molecule has 2 heteroatoms. The topological polar surface area (TPSA) is 3.24 Å². The van der Waals surface area contributed by atoms with E-state index in [-0.39, 0.29) is 0 Å². The molecule has 1 aromatic rings. The second-order valence-electron chi connectivity index (χ2n) is 3.99. The van der Waals surface area contributed by atoms with Gasteiger partial charge in [0.05, 0.1) is 5.37 Å². The van der Waals surface area contributed by atoms with Gasteiger partial charge >= 0.3 is 0 Å². The van der Waals surface area contributed by atoms with Crippen molar-refractivity contribution in [2.75, 3.05) is 12.3 Å². The van der Waals surface area contributed by atoms with Crippen LogP contribution in [-0.2, 0) is 0 Å². The van der Waals surface area contributed by atoms with Crippen LogP contribution in [0.25, 0.3) is 0 Å². The molecule has 15 heavy (non-hydrogen) atoms. The molecule has 1 aliphatic rings. The zero-order valence-electron chi connectivity index (χ0n) is 9.52. The first-order valence-corrected chi connectivity index (χ1v) is 6.84. The molecule has 1 saturated heterocycles. The van der Waals surface area contributed by atoms with Gasteiger partial charge in [-0.3, -0.25) is 4.90 Å². The summed E-state index contributed by atoms with van der Waals surface area (Å²) in [4.78, 5) is 2.62. The third kappa shape index (κ3) is 2.21. The van der Waals surface area contributed by atoms with Crippen molar-refractivity contribution in [2.45, 2.75) is 31.7 Å². The molecular weight excluding hydrogens is 202 g/mol. The van der Waals surface area contributed by atoms with Crippen molar-refractivity contribution in [3.8, 4) is 0 Å². The molecule has 1 heterocycles. The molecule has 2 rings (SSSR count). The van der Waals surface area contributed by atoms with Crippen molar-refractivity contribution in [1.29, 1.82) is 0 Å². The molecule has 1 fully saturated rings. The molecule has 2 unspecified atom stereocenters. The van der Waals surface area contributed by atoms with Crippen LogP contribution in [0.3, 0.4) is 0 Å². The first-order valence-electron chi connectivity index (χ1n) is 5.79. The summed E-state index contributed by atoms with van der Waals surface area (Å²) in [6, 6.07) is 11.6. The number of nitrogens with zero attached hydrogens (tertiary/aromatic N) is 1. The average molecular weight is 221 g/mol.